The van der Waals surface area contributed by atoms with E-state index in [9.17, 15) is 9.90 Å². The van der Waals surface area contributed by atoms with E-state index in [-0.39, 0.29) is 5.92 Å². The highest BCUT2D eigenvalue weighted by Gasteiger charge is 2.18. The van der Waals surface area contributed by atoms with Gasteiger partial charge in [0.05, 0.1) is 5.56 Å². The van der Waals surface area contributed by atoms with Crippen LogP contribution < -0.4 is 0 Å². The second kappa shape index (κ2) is 5.05. The van der Waals surface area contributed by atoms with Crippen LogP contribution in [0.2, 0.25) is 0 Å². The molecule has 0 fully saturated rings. The van der Waals surface area contributed by atoms with Gasteiger partial charge in [0.25, 0.3) is 0 Å². The molecule has 0 aliphatic rings. The zero-order chi connectivity index (χ0) is 13.1. The molecule has 2 heteroatoms. The van der Waals surface area contributed by atoms with Gasteiger partial charge in [0.1, 0.15) is 0 Å². The quantitative estimate of drug-likeness (QED) is 0.884. The Morgan fingerprint density at radius 1 is 1.06 bits per heavy atom. The fourth-order valence-electron chi connectivity index (χ4n) is 2.26. The first kappa shape index (κ1) is 12.4. The van der Waals surface area contributed by atoms with Gasteiger partial charge in [-0.2, -0.15) is 0 Å². The van der Waals surface area contributed by atoms with E-state index in [1.165, 1.54) is 0 Å². The van der Waals surface area contributed by atoms with Crippen molar-refractivity contribution >= 4 is 5.97 Å². The first-order valence-electron chi connectivity index (χ1n) is 5.99. The molecule has 2 nitrogen and oxygen atoms in total. The molecule has 0 spiro atoms. The third-order valence-electron chi connectivity index (χ3n) is 3.28. The Morgan fingerprint density at radius 3 is 2.33 bits per heavy atom. The minimum absolute atomic E-state index is 0.0807. The Morgan fingerprint density at radius 2 is 1.72 bits per heavy atom. The first-order valence-corrected chi connectivity index (χ1v) is 5.99. The third kappa shape index (κ3) is 2.28. The standard InChI is InChI=1S/C16H16O2/c1-11-7-6-10-14(15(11)16(17)18)12(2)13-8-4-3-5-9-13/h3-10,12H,1-2H3,(H,17,18). The van der Waals surface area contributed by atoms with Gasteiger partial charge >= 0.3 is 5.97 Å². The second-order valence-electron chi connectivity index (χ2n) is 4.48. The molecule has 0 heterocycles. The highest BCUT2D eigenvalue weighted by atomic mass is 16.4. The van der Waals surface area contributed by atoms with Gasteiger partial charge in [-0.05, 0) is 23.6 Å². The van der Waals surface area contributed by atoms with Crippen molar-refractivity contribution in [1.82, 2.24) is 0 Å². The molecule has 0 aliphatic carbocycles. The molecular formula is C16H16O2. The van der Waals surface area contributed by atoms with Gasteiger partial charge in [0.15, 0.2) is 0 Å². The third-order valence-corrected chi connectivity index (χ3v) is 3.28. The molecule has 92 valence electrons. The van der Waals surface area contributed by atoms with Crippen molar-refractivity contribution in [1.29, 1.82) is 0 Å². The Kier molecular flexibility index (Phi) is 3.47. The van der Waals surface area contributed by atoms with Gasteiger partial charge in [-0.15, -0.1) is 0 Å². The molecule has 1 N–H and O–H groups in total. The predicted octanol–water partition coefficient (Wildman–Crippen LogP) is 3.85. The molecule has 0 saturated carbocycles. The Bertz CT molecular complexity index is 559. The maximum Gasteiger partial charge on any atom is 0.336 e. The molecule has 1 atom stereocenters. The van der Waals surface area contributed by atoms with Crippen LogP contribution in [0.25, 0.3) is 0 Å². The lowest BCUT2D eigenvalue weighted by Crippen LogP contribution is -2.08. The molecule has 0 bridgehead atoms. The maximum atomic E-state index is 11.4. The van der Waals surface area contributed by atoms with E-state index in [0.29, 0.717) is 5.56 Å². The number of aromatic carboxylic acids is 1. The highest BCUT2D eigenvalue weighted by Crippen LogP contribution is 2.28. The van der Waals surface area contributed by atoms with E-state index >= 15 is 0 Å². The van der Waals surface area contributed by atoms with Crippen LogP contribution in [0.15, 0.2) is 48.5 Å². The van der Waals surface area contributed by atoms with E-state index in [2.05, 4.69) is 0 Å². The van der Waals surface area contributed by atoms with Crippen molar-refractivity contribution in [2.45, 2.75) is 19.8 Å². The molecule has 0 amide bonds. The smallest absolute Gasteiger partial charge is 0.336 e. The summed E-state index contributed by atoms with van der Waals surface area (Å²) in [6, 6.07) is 15.6. The summed E-state index contributed by atoms with van der Waals surface area (Å²) in [6.45, 7) is 3.88. The lowest BCUT2D eigenvalue weighted by molar-refractivity contribution is 0.0694. The molecular weight excluding hydrogens is 224 g/mol. The minimum Gasteiger partial charge on any atom is -0.478 e. The zero-order valence-corrected chi connectivity index (χ0v) is 10.6. The lowest BCUT2D eigenvalue weighted by Gasteiger charge is -2.16. The summed E-state index contributed by atoms with van der Waals surface area (Å²) in [4.78, 5) is 11.4. The summed E-state index contributed by atoms with van der Waals surface area (Å²) in [5.41, 5.74) is 3.23. The number of benzene rings is 2. The van der Waals surface area contributed by atoms with Crippen LogP contribution in [-0.2, 0) is 0 Å². The molecule has 2 aromatic rings. The zero-order valence-electron chi connectivity index (χ0n) is 10.6. The molecule has 2 aromatic carbocycles. The summed E-state index contributed by atoms with van der Waals surface area (Å²) in [7, 11) is 0. The number of carbonyl (C=O) groups is 1. The largest absolute Gasteiger partial charge is 0.478 e. The fraction of sp³-hybridized carbons (Fsp3) is 0.188. The number of rotatable bonds is 3. The number of hydrogen-bond acceptors (Lipinski definition) is 1. The molecule has 18 heavy (non-hydrogen) atoms. The molecule has 0 aliphatic heterocycles. The molecule has 2 rings (SSSR count). The van der Waals surface area contributed by atoms with E-state index in [1.54, 1.807) is 0 Å². The van der Waals surface area contributed by atoms with Gasteiger partial charge in [-0.25, -0.2) is 4.79 Å². The SMILES string of the molecule is Cc1cccc(C(C)c2ccccc2)c1C(=O)O. The number of aryl methyl sites for hydroxylation is 1. The maximum absolute atomic E-state index is 11.4. The molecule has 0 saturated heterocycles. The van der Waals surface area contributed by atoms with Crippen LogP contribution in [0.1, 0.15) is 39.9 Å². The summed E-state index contributed by atoms with van der Waals surface area (Å²) in [5.74, 6) is -0.775. The van der Waals surface area contributed by atoms with Crippen LogP contribution in [0.3, 0.4) is 0 Å². The van der Waals surface area contributed by atoms with E-state index in [4.69, 9.17) is 0 Å². The van der Waals surface area contributed by atoms with E-state index < -0.39 is 5.97 Å². The normalized spacial score (nSPS) is 12.1. The topological polar surface area (TPSA) is 37.3 Å². The van der Waals surface area contributed by atoms with Crippen molar-refractivity contribution < 1.29 is 9.90 Å². The fourth-order valence-corrected chi connectivity index (χ4v) is 2.26. The summed E-state index contributed by atoms with van der Waals surface area (Å²) in [5, 5.41) is 9.34. The summed E-state index contributed by atoms with van der Waals surface area (Å²) < 4.78 is 0. The number of hydrogen-bond donors (Lipinski definition) is 1. The van der Waals surface area contributed by atoms with Crippen molar-refractivity contribution in [3.63, 3.8) is 0 Å². The number of carboxylic acid groups (broad SMARTS) is 1. The van der Waals surface area contributed by atoms with Crippen LogP contribution >= 0.6 is 0 Å². The Labute approximate surface area is 107 Å². The van der Waals surface area contributed by atoms with E-state index in [0.717, 1.165) is 16.7 Å². The van der Waals surface area contributed by atoms with Crippen molar-refractivity contribution in [3.8, 4) is 0 Å². The van der Waals surface area contributed by atoms with Crippen LogP contribution in [-0.4, -0.2) is 11.1 Å². The average molecular weight is 240 g/mol. The van der Waals surface area contributed by atoms with Crippen LogP contribution in [0.5, 0.6) is 0 Å². The molecule has 1 unspecified atom stereocenters. The van der Waals surface area contributed by atoms with Gasteiger partial charge in [0, 0.05) is 5.92 Å². The number of carboxylic acids is 1. The van der Waals surface area contributed by atoms with Gasteiger partial charge in [0.2, 0.25) is 0 Å². The van der Waals surface area contributed by atoms with Crippen LogP contribution in [0.4, 0.5) is 0 Å². The molecule has 0 aromatic heterocycles. The van der Waals surface area contributed by atoms with Crippen molar-refractivity contribution in [2.24, 2.45) is 0 Å². The summed E-state index contributed by atoms with van der Waals surface area (Å²) >= 11 is 0. The van der Waals surface area contributed by atoms with Crippen molar-refractivity contribution in [3.05, 3.63) is 70.8 Å². The van der Waals surface area contributed by atoms with Gasteiger partial charge in [-0.1, -0.05) is 55.5 Å². The predicted molar refractivity (Wildman–Crippen MR) is 72.1 cm³/mol. The van der Waals surface area contributed by atoms with Crippen molar-refractivity contribution in [2.75, 3.05) is 0 Å². The highest BCUT2D eigenvalue weighted by molar-refractivity contribution is 5.91. The lowest BCUT2D eigenvalue weighted by atomic mass is 9.88. The van der Waals surface area contributed by atoms with Crippen LogP contribution in [0, 0.1) is 6.92 Å². The minimum atomic E-state index is -0.856. The van der Waals surface area contributed by atoms with E-state index in [1.807, 2.05) is 62.4 Å². The molecule has 0 radical (unpaired) electrons. The Balaban J connectivity index is 2.52. The van der Waals surface area contributed by atoms with Gasteiger partial charge in [-0.3, -0.25) is 0 Å². The monoisotopic (exact) mass is 240 g/mol. The second-order valence-corrected chi connectivity index (χ2v) is 4.48. The average Bonchev–Trinajstić information content (AvgIpc) is 2.38. The summed E-state index contributed by atoms with van der Waals surface area (Å²) in [6.07, 6.45) is 0. The first-order chi connectivity index (χ1) is 8.61. The Hall–Kier alpha value is -2.09. The van der Waals surface area contributed by atoms with Gasteiger partial charge < -0.3 is 5.11 Å².